The molecule has 0 amide bonds. The van der Waals surface area contributed by atoms with Crippen molar-refractivity contribution in [2.45, 2.75) is 17.7 Å². The minimum absolute atomic E-state index is 0.0144. The third kappa shape index (κ3) is 4.08. The smallest absolute Gasteiger partial charge is 0.367 e. The number of hydrogen-bond acceptors (Lipinski definition) is 2. The summed E-state index contributed by atoms with van der Waals surface area (Å²) in [6.45, 7) is 1.45. The van der Waals surface area contributed by atoms with Crippen molar-refractivity contribution in [2.24, 2.45) is 0 Å². The number of esters is 1. The zero-order valence-electron chi connectivity index (χ0n) is 7.07. The van der Waals surface area contributed by atoms with E-state index in [1.54, 1.807) is 0 Å². The number of rotatable bonds is 4. The van der Waals surface area contributed by atoms with Gasteiger partial charge in [0.25, 0.3) is 0 Å². The fourth-order valence-electron chi connectivity index (χ4n) is 0.458. The first-order chi connectivity index (χ1) is 6.20. The van der Waals surface area contributed by atoms with Gasteiger partial charge in [0.05, 0.1) is 6.61 Å². The van der Waals surface area contributed by atoms with Gasteiger partial charge in [-0.3, -0.25) is 0 Å². The average molecular weight is 279 g/mol. The summed E-state index contributed by atoms with van der Waals surface area (Å²) in [5.74, 6) is -5.52. The van der Waals surface area contributed by atoms with Crippen LogP contribution < -0.4 is 0 Å². The zero-order valence-corrected chi connectivity index (χ0v) is 8.65. The van der Waals surface area contributed by atoms with Crippen molar-refractivity contribution in [3.8, 4) is 0 Å². The van der Waals surface area contributed by atoms with Crippen molar-refractivity contribution in [3.63, 3.8) is 0 Å². The van der Waals surface area contributed by atoms with E-state index in [1.807, 2.05) is 0 Å². The summed E-state index contributed by atoms with van der Waals surface area (Å²) in [7, 11) is 0. The Labute approximate surface area is 86.0 Å². The van der Waals surface area contributed by atoms with E-state index >= 15 is 0 Å². The molecule has 0 rings (SSSR count). The predicted molar refractivity (Wildman–Crippen MR) is 44.6 cm³/mol. The van der Waals surface area contributed by atoms with E-state index in [4.69, 9.17) is 0 Å². The molecule has 0 saturated heterocycles. The molecule has 0 aliphatic heterocycles. The fourth-order valence-corrected chi connectivity index (χ4v) is 0.590. The molecular formula is C7H7BrF4O2. The molecule has 0 aliphatic rings. The van der Waals surface area contributed by atoms with Gasteiger partial charge >= 0.3 is 16.7 Å². The molecule has 0 radical (unpaired) electrons. The maximum absolute atomic E-state index is 12.4. The number of ether oxygens (including phenoxy) is 1. The van der Waals surface area contributed by atoms with E-state index in [0.29, 0.717) is 0 Å². The highest BCUT2D eigenvalue weighted by molar-refractivity contribution is 9.10. The first-order valence-electron chi connectivity index (χ1n) is 3.51. The van der Waals surface area contributed by atoms with Crippen molar-refractivity contribution in [3.05, 3.63) is 12.2 Å². The molecule has 0 aliphatic carbocycles. The Bertz CT molecular complexity index is 234. The third-order valence-corrected chi connectivity index (χ3v) is 1.62. The highest BCUT2D eigenvalue weighted by Crippen LogP contribution is 2.40. The molecule has 2 nitrogen and oxygen atoms in total. The quantitative estimate of drug-likeness (QED) is 0.342. The molecule has 0 heterocycles. The van der Waals surface area contributed by atoms with Crippen LogP contribution >= 0.6 is 15.9 Å². The molecular weight excluding hydrogens is 272 g/mol. The molecule has 0 atom stereocenters. The summed E-state index contributed by atoms with van der Waals surface area (Å²) in [4.78, 5) is 6.13. The molecule has 0 saturated carbocycles. The first kappa shape index (κ1) is 13.4. The van der Waals surface area contributed by atoms with E-state index in [9.17, 15) is 22.4 Å². The van der Waals surface area contributed by atoms with Gasteiger partial charge in [0.1, 0.15) is 0 Å². The second-order valence-electron chi connectivity index (χ2n) is 2.21. The number of allylic oxidation sites excluding steroid dienone is 1. The normalized spacial score (nSPS) is 13.3. The Morgan fingerprint density at radius 2 is 1.93 bits per heavy atom. The van der Waals surface area contributed by atoms with Gasteiger partial charge < -0.3 is 4.74 Å². The summed E-state index contributed by atoms with van der Waals surface area (Å²) in [6.07, 6.45) is 0.0540. The van der Waals surface area contributed by atoms with Crippen molar-refractivity contribution in [1.29, 1.82) is 0 Å². The van der Waals surface area contributed by atoms with Crippen LogP contribution in [0.25, 0.3) is 0 Å². The highest BCUT2D eigenvalue weighted by Gasteiger charge is 2.52. The molecule has 0 N–H and O–H groups in total. The number of hydrogen-bond donors (Lipinski definition) is 0. The lowest BCUT2D eigenvalue weighted by atomic mass is 10.3. The van der Waals surface area contributed by atoms with Crippen molar-refractivity contribution >= 4 is 21.9 Å². The Balaban J connectivity index is 4.43. The Kier molecular flexibility index (Phi) is 4.57. The van der Waals surface area contributed by atoms with E-state index < -0.39 is 16.7 Å². The van der Waals surface area contributed by atoms with Gasteiger partial charge in [0, 0.05) is 6.08 Å². The molecule has 82 valence electrons. The van der Waals surface area contributed by atoms with Crippen LogP contribution in [0.4, 0.5) is 17.6 Å². The van der Waals surface area contributed by atoms with Crippen LogP contribution in [0.2, 0.25) is 0 Å². The van der Waals surface area contributed by atoms with Gasteiger partial charge in [0.15, 0.2) is 0 Å². The van der Waals surface area contributed by atoms with Gasteiger partial charge in [-0.2, -0.15) is 17.6 Å². The number of halogens is 5. The van der Waals surface area contributed by atoms with Crippen LogP contribution in [-0.4, -0.2) is 23.3 Å². The minimum atomic E-state index is -4.43. The van der Waals surface area contributed by atoms with Crippen molar-refractivity contribution < 1.29 is 27.1 Å². The Morgan fingerprint density at radius 1 is 1.43 bits per heavy atom. The van der Waals surface area contributed by atoms with E-state index in [-0.39, 0.29) is 18.8 Å². The molecule has 0 aromatic carbocycles. The SMILES string of the molecule is CCOC(=O)/C=C/C(F)(F)C(F)(F)Br. The molecule has 0 bridgehead atoms. The van der Waals surface area contributed by atoms with Crippen molar-refractivity contribution in [1.82, 2.24) is 0 Å². The van der Waals surface area contributed by atoms with Gasteiger partial charge in [-0.15, -0.1) is 0 Å². The van der Waals surface area contributed by atoms with E-state index in [1.165, 1.54) is 22.9 Å². The van der Waals surface area contributed by atoms with E-state index in [0.717, 1.165) is 0 Å². The maximum Gasteiger partial charge on any atom is 0.367 e. The zero-order chi connectivity index (χ0) is 11.4. The number of carbonyl (C=O) groups is 1. The van der Waals surface area contributed by atoms with Crippen LogP contribution in [-0.2, 0) is 9.53 Å². The molecule has 0 unspecified atom stereocenters. The van der Waals surface area contributed by atoms with Gasteiger partial charge in [-0.25, -0.2) is 4.79 Å². The van der Waals surface area contributed by atoms with Crippen LogP contribution in [0.15, 0.2) is 12.2 Å². The van der Waals surface area contributed by atoms with Gasteiger partial charge in [0.2, 0.25) is 0 Å². The molecule has 0 aromatic heterocycles. The van der Waals surface area contributed by atoms with E-state index in [2.05, 4.69) is 4.74 Å². The molecule has 0 aromatic rings. The summed E-state index contributed by atoms with van der Waals surface area (Å²) < 4.78 is 53.3. The fraction of sp³-hybridized carbons (Fsp3) is 0.571. The average Bonchev–Trinajstić information content (AvgIpc) is 1.99. The third-order valence-electron chi connectivity index (χ3n) is 1.09. The summed E-state index contributed by atoms with van der Waals surface area (Å²) in [5.41, 5.74) is 0. The largest absolute Gasteiger partial charge is 0.463 e. The minimum Gasteiger partial charge on any atom is -0.463 e. The second kappa shape index (κ2) is 4.77. The van der Waals surface area contributed by atoms with Crippen LogP contribution in [0.1, 0.15) is 6.92 Å². The summed E-state index contributed by atoms with van der Waals surface area (Å²) in [5, 5.41) is 0. The van der Waals surface area contributed by atoms with Crippen LogP contribution in [0, 0.1) is 0 Å². The van der Waals surface area contributed by atoms with Gasteiger partial charge in [-0.1, -0.05) is 0 Å². The number of alkyl halides is 5. The van der Waals surface area contributed by atoms with Crippen molar-refractivity contribution in [2.75, 3.05) is 6.61 Å². The Hall–Kier alpha value is -0.590. The standard InChI is InChI=1S/C7H7BrF4O2/c1-2-14-5(13)3-4-6(9,10)7(8,11)12/h3-4H,2H2,1H3/b4-3+. The lowest BCUT2D eigenvalue weighted by Crippen LogP contribution is -2.32. The number of carbonyl (C=O) groups excluding carboxylic acids is 1. The van der Waals surface area contributed by atoms with Crippen LogP contribution in [0.3, 0.4) is 0 Å². The Morgan fingerprint density at radius 3 is 2.29 bits per heavy atom. The maximum atomic E-state index is 12.4. The first-order valence-corrected chi connectivity index (χ1v) is 4.30. The van der Waals surface area contributed by atoms with Gasteiger partial charge in [-0.05, 0) is 28.9 Å². The molecule has 7 heteroatoms. The lowest BCUT2D eigenvalue weighted by Gasteiger charge is -2.17. The highest BCUT2D eigenvalue weighted by atomic mass is 79.9. The summed E-state index contributed by atoms with van der Waals surface area (Å²) in [6, 6.07) is 0. The molecule has 14 heavy (non-hydrogen) atoms. The monoisotopic (exact) mass is 278 g/mol. The predicted octanol–water partition coefficient (Wildman–Crippen LogP) is 2.73. The molecule has 0 spiro atoms. The van der Waals surface area contributed by atoms with Crippen LogP contribution in [0.5, 0.6) is 0 Å². The lowest BCUT2D eigenvalue weighted by molar-refractivity contribution is -0.138. The summed E-state index contributed by atoms with van der Waals surface area (Å²) >= 11 is 1.50. The molecule has 0 fully saturated rings. The second-order valence-corrected chi connectivity index (χ2v) is 3.20. The topological polar surface area (TPSA) is 26.3 Å².